The second kappa shape index (κ2) is 9.20. The molecule has 5 aromatic rings. The number of hydrogen-bond acceptors (Lipinski definition) is 7. The Morgan fingerprint density at radius 2 is 1.66 bits per heavy atom. The van der Waals surface area contributed by atoms with Crippen LogP contribution in [0.4, 0.5) is 0 Å². The third-order valence-electron chi connectivity index (χ3n) is 4.76. The zero-order chi connectivity index (χ0) is 21.9. The summed E-state index contributed by atoms with van der Waals surface area (Å²) in [6, 6.07) is 19.8. The first kappa shape index (κ1) is 20.8. The Morgan fingerprint density at radius 3 is 2.44 bits per heavy atom. The molecule has 5 rings (SSSR count). The van der Waals surface area contributed by atoms with Crippen molar-refractivity contribution < 1.29 is 0 Å². The molecule has 0 radical (unpaired) electrons. The van der Waals surface area contributed by atoms with Crippen molar-refractivity contribution >= 4 is 34.7 Å². The van der Waals surface area contributed by atoms with Gasteiger partial charge >= 0.3 is 0 Å². The molecule has 32 heavy (non-hydrogen) atoms. The van der Waals surface area contributed by atoms with Crippen LogP contribution in [0.25, 0.3) is 27.6 Å². The van der Waals surface area contributed by atoms with Crippen molar-refractivity contribution in [1.82, 2.24) is 29.9 Å². The largest absolute Gasteiger partial charge is 0.268 e. The molecule has 0 aliphatic carbocycles. The van der Waals surface area contributed by atoms with E-state index in [9.17, 15) is 0 Å². The van der Waals surface area contributed by atoms with Gasteiger partial charge in [-0.2, -0.15) is 0 Å². The summed E-state index contributed by atoms with van der Waals surface area (Å²) in [5, 5.41) is 20.8. The minimum atomic E-state index is 0.627. The van der Waals surface area contributed by atoms with Gasteiger partial charge in [-0.3, -0.25) is 9.55 Å². The minimum Gasteiger partial charge on any atom is -0.268 e. The van der Waals surface area contributed by atoms with Gasteiger partial charge in [0.15, 0.2) is 11.0 Å². The fraction of sp³-hybridized carbons (Fsp3) is 0.0870. The van der Waals surface area contributed by atoms with E-state index in [1.165, 1.54) is 5.56 Å². The SMILES string of the molecule is Cc1ccc(-c2nnc(CSc3nnc(-c4ccncc4)n3-c3ccccc3Cl)s2)cc1. The Balaban J connectivity index is 1.45. The molecule has 3 aromatic heterocycles. The van der Waals surface area contributed by atoms with Gasteiger partial charge in [0.2, 0.25) is 0 Å². The van der Waals surface area contributed by atoms with E-state index in [2.05, 4.69) is 56.6 Å². The maximum Gasteiger partial charge on any atom is 0.196 e. The highest BCUT2D eigenvalue weighted by atomic mass is 35.5. The molecular formula is C23H17ClN6S2. The first-order chi connectivity index (χ1) is 15.7. The molecule has 0 fully saturated rings. The van der Waals surface area contributed by atoms with Crippen LogP contribution in [0.15, 0.2) is 78.2 Å². The van der Waals surface area contributed by atoms with Crippen LogP contribution in [0, 0.1) is 6.92 Å². The molecular weight excluding hydrogens is 460 g/mol. The van der Waals surface area contributed by atoms with E-state index in [0.717, 1.165) is 32.0 Å². The van der Waals surface area contributed by atoms with Crippen molar-refractivity contribution in [2.45, 2.75) is 17.8 Å². The lowest BCUT2D eigenvalue weighted by molar-refractivity contribution is 0.885. The minimum absolute atomic E-state index is 0.627. The summed E-state index contributed by atoms with van der Waals surface area (Å²) in [4.78, 5) is 4.10. The van der Waals surface area contributed by atoms with E-state index in [1.54, 1.807) is 35.5 Å². The molecule has 0 unspecified atom stereocenters. The number of hydrogen-bond donors (Lipinski definition) is 0. The van der Waals surface area contributed by atoms with Gasteiger partial charge in [-0.15, -0.1) is 20.4 Å². The van der Waals surface area contributed by atoms with Gasteiger partial charge in [0, 0.05) is 23.5 Å². The number of pyridine rings is 1. The lowest BCUT2D eigenvalue weighted by Crippen LogP contribution is -2.00. The summed E-state index contributed by atoms with van der Waals surface area (Å²) in [6.45, 7) is 2.07. The number of para-hydroxylation sites is 1. The predicted molar refractivity (Wildman–Crippen MR) is 129 cm³/mol. The van der Waals surface area contributed by atoms with Crippen molar-refractivity contribution in [3.05, 3.63) is 88.7 Å². The Hall–Kier alpha value is -3.07. The second-order valence-electron chi connectivity index (χ2n) is 6.98. The van der Waals surface area contributed by atoms with Crippen LogP contribution < -0.4 is 0 Å². The van der Waals surface area contributed by atoms with E-state index in [4.69, 9.17) is 11.6 Å². The molecule has 6 nitrogen and oxygen atoms in total. The maximum atomic E-state index is 6.53. The Kier molecular flexibility index (Phi) is 5.98. The van der Waals surface area contributed by atoms with Gasteiger partial charge in [0.25, 0.3) is 0 Å². The quantitative estimate of drug-likeness (QED) is 0.276. The van der Waals surface area contributed by atoms with E-state index in [1.807, 2.05) is 41.0 Å². The molecule has 9 heteroatoms. The summed E-state index contributed by atoms with van der Waals surface area (Å²) < 4.78 is 1.98. The average Bonchev–Trinajstić information content (AvgIpc) is 3.46. The maximum absolute atomic E-state index is 6.53. The fourth-order valence-corrected chi connectivity index (χ4v) is 5.15. The van der Waals surface area contributed by atoms with Crippen LogP contribution >= 0.6 is 34.7 Å². The van der Waals surface area contributed by atoms with Crippen LogP contribution in [0.1, 0.15) is 10.6 Å². The number of nitrogens with zero attached hydrogens (tertiary/aromatic N) is 6. The zero-order valence-corrected chi connectivity index (χ0v) is 19.4. The van der Waals surface area contributed by atoms with Gasteiger partial charge in [-0.1, -0.05) is 76.7 Å². The lowest BCUT2D eigenvalue weighted by atomic mass is 10.2. The highest BCUT2D eigenvalue weighted by Crippen LogP contribution is 2.33. The standard InChI is InChI=1S/C23H17ClN6S2/c1-15-6-8-17(9-7-15)22-28-26-20(32-22)14-31-23-29-27-21(16-10-12-25-13-11-16)30(23)19-5-3-2-4-18(19)24/h2-13H,14H2,1H3. The smallest absolute Gasteiger partial charge is 0.196 e. The monoisotopic (exact) mass is 476 g/mol. The summed E-state index contributed by atoms with van der Waals surface area (Å²) in [6.07, 6.45) is 3.48. The van der Waals surface area contributed by atoms with Crippen molar-refractivity contribution in [3.8, 4) is 27.6 Å². The molecule has 0 bridgehead atoms. The molecule has 0 N–H and O–H groups in total. The van der Waals surface area contributed by atoms with Crippen molar-refractivity contribution in [3.63, 3.8) is 0 Å². The van der Waals surface area contributed by atoms with E-state index >= 15 is 0 Å². The van der Waals surface area contributed by atoms with E-state index in [0.29, 0.717) is 16.6 Å². The molecule has 0 amide bonds. The first-order valence-corrected chi connectivity index (χ1v) is 12.0. The van der Waals surface area contributed by atoms with Gasteiger partial charge in [-0.05, 0) is 31.2 Å². The Labute approximate surface area is 198 Å². The Morgan fingerprint density at radius 1 is 0.875 bits per heavy atom. The van der Waals surface area contributed by atoms with Gasteiger partial charge in [-0.25, -0.2) is 0 Å². The van der Waals surface area contributed by atoms with Gasteiger partial charge < -0.3 is 0 Å². The molecule has 2 aromatic carbocycles. The summed E-state index contributed by atoms with van der Waals surface area (Å²) in [7, 11) is 0. The molecule has 0 saturated carbocycles. The molecule has 3 heterocycles. The highest BCUT2D eigenvalue weighted by Gasteiger charge is 2.19. The van der Waals surface area contributed by atoms with Gasteiger partial charge in [0.1, 0.15) is 10.0 Å². The van der Waals surface area contributed by atoms with E-state index in [-0.39, 0.29) is 0 Å². The predicted octanol–water partition coefficient (Wildman–Crippen LogP) is 6.10. The van der Waals surface area contributed by atoms with Crippen LogP contribution in [0.3, 0.4) is 0 Å². The number of aryl methyl sites for hydroxylation is 1. The third kappa shape index (κ3) is 4.29. The molecule has 0 aliphatic heterocycles. The highest BCUT2D eigenvalue weighted by molar-refractivity contribution is 7.98. The lowest BCUT2D eigenvalue weighted by Gasteiger charge is -2.11. The second-order valence-corrected chi connectivity index (χ2v) is 9.40. The van der Waals surface area contributed by atoms with Crippen LogP contribution in [0.5, 0.6) is 0 Å². The molecule has 0 atom stereocenters. The first-order valence-electron chi connectivity index (χ1n) is 9.82. The Bertz CT molecular complexity index is 1350. The molecule has 0 spiro atoms. The number of halogens is 1. The number of rotatable bonds is 6. The van der Waals surface area contributed by atoms with Crippen molar-refractivity contribution in [1.29, 1.82) is 0 Å². The summed E-state index contributed by atoms with van der Waals surface area (Å²) >= 11 is 9.67. The van der Waals surface area contributed by atoms with Crippen LogP contribution in [0.2, 0.25) is 5.02 Å². The molecule has 0 saturated heterocycles. The van der Waals surface area contributed by atoms with Crippen molar-refractivity contribution in [2.75, 3.05) is 0 Å². The molecule has 158 valence electrons. The summed E-state index contributed by atoms with van der Waals surface area (Å²) in [5.74, 6) is 1.34. The topological polar surface area (TPSA) is 69.4 Å². The van der Waals surface area contributed by atoms with Crippen LogP contribution in [-0.4, -0.2) is 29.9 Å². The number of aromatic nitrogens is 6. The van der Waals surface area contributed by atoms with Crippen LogP contribution in [-0.2, 0) is 5.75 Å². The fourth-order valence-electron chi connectivity index (χ4n) is 3.15. The zero-order valence-electron chi connectivity index (χ0n) is 17.0. The molecule has 0 aliphatic rings. The number of benzene rings is 2. The summed E-state index contributed by atoms with van der Waals surface area (Å²) in [5.41, 5.74) is 4.03. The van der Waals surface area contributed by atoms with Crippen molar-refractivity contribution in [2.24, 2.45) is 0 Å². The third-order valence-corrected chi connectivity index (χ3v) is 7.17. The van der Waals surface area contributed by atoms with Gasteiger partial charge in [0.05, 0.1) is 16.5 Å². The average molecular weight is 477 g/mol. The number of thioether (sulfide) groups is 1. The normalized spacial score (nSPS) is 11.1. The van der Waals surface area contributed by atoms with E-state index < -0.39 is 0 Å².